The number of carbonyl (C=O) groups is 1. The van der Waals surface area contributed by atoms with Gasteiger partial charge in [-0.15, -0.1) is 0 Å². The van der Waals surface area contributed by atoms with Gasteiger partial charge in [0.15, 0.2) is 5.82 Å². The van der Waals surface area contributed by atoms with E-state index >= 15 is 0 Å². The fraction of sp³-hybridized carbons (Fsp3) is 0.273. The standard InChI is InChI=1S/C11H13FN4O3/c1-14(6-9-3-4-10(12)13-5-9)11(7-16(18)19)15(2)8-17/h3-5,7-8H,6H2,1-2H3. The fourth-order valence-corrected chi connectivity index (χ4v) is 1.46. The van der Waals surface area contributed by atoms with Crippen molar-refractivity contribution in [2.45, 2.75) is 6.54 Å². The second-order valence-corrected chi connectivity index (χ2v) is 3.83. The average Bonchev–Trinajstić information content (AvgIpc) is 2.37. The molecule has 102 valence electrons. The summed E-state index contributed by atoms with van der Waals surface area (Å²) in [6, 6.07) is 2.72. The molecule has 0 aliphatic heterocycles. The van der Waals surface area contributed by atoms with E-state index in [1.165, 1.54) is 30.3 Å². The van der Waals surface area contributed by atoms with Crippen LogP contribution in [0.3, 0.4) is 0 Å². The Labute approximate surface area is 109 Å². The molecule has 0 saturated heterocycles. The number of pyridine rings is 1. The molecule has 0 N–H and O–H groups in total. The molecule has 7 nitrogen and oxygen atoms in total. The Balaban J connectivity index is 2.88. The summed E-state index contributed by atoms with van der Waals surface area (Å²) in [5.41, 5.74) is 0.664. The van der Waals surface area contributed by atoms with Crippen LogP contribution in [-0.2, 0) is 11.3 Å². The zero-order valence-corrected chi connectivity index (χ0v) is 10.5. The van der Waals surface area contributed by atoms with Crippen molar-refractivity contribution in [1.29, 1.82) is 0 Å². The predicted octanol–water partition coefficient (Wildman–Crippen LogP) is 0.816. The third-order valence-corrected chi connectivity index (χ3v) is 2.34. The molecule has 1 amide bonds. The first kappa shape index (κ1) is 14.6. The summed E-state index contributed by atoms with van der Waals surface area (Å²) in [4.78, 5) is 26.7. The molecule has 0 aliphatic carbocycles. The lowest BCUT2D eigenvalue weighted by Crippen LogP contribution is -2.30. The van der Waals surface area contributed by atoms with Crippen LogP contribution < -0.4 is 0 Å². The first-order chi connectivity index (χ1) is 8.93. The van der Waals surface area contributed by atoms with Crippen LogP contribution in [0, 0.1) is 16.1 Å². The van der Waals surface area contributed by atoms with Crippen LogP contribution in [0.15, 0.2) is 30.4 Å². The van der Waals surface area contributed by atoms with Gasteiger partial charge in [-0.2, -0.15) is 4.39 Å². The van der Waals surface area contributed by atoms with Crippen molar-refractivity contribution >= 4 is 6.41 Å². The summed E-state index contributed by atoms with van der Waals surface area (Å²) < 4.78 is 12.7. The molecule has 1 heterocycles. The molecule has 0 fully saturated rings. The van der Waals surface area contributed by atoms with Gasteiger partial charge in [0.2, 0.25) is 12.4 Å². The Morgan fingerprint density at radius 3 is 2.68 bits per heavy atom. The molecule has 1 aromatic rings. The Morgan fingerprint density at radius 1 is 1.53 bits per heavy atom. The second-order valence-electron chi connectivity index (χ2n) is 3.83. The summed E-state index contributed by atoms with van der Waals surface area (Å²) >= 11 is 0. The van der Waals surface area contributed by atoms with Crippen molar-refractivity contribution in [1.82, 2.24) is 14.8 Å². The molecule has 0 aromatic carbocycles. The van der Waals surface area contributed by atoms with Gasteiger partial charge in [-0.1, -0.05) is 6.07 Å². The molecule has 0 aliphatic rings. The molecule has 0 spiro atoms. The number of halogens is 1. The molecule has 8 heteroatoms. The van der Waals surface area contributed by atoms with Crippen molar-refractivity contribution in [2.75, 3.05) is 14.1 Å². The quantitative estimate of drug-likeness (QED) is 0.330. The SMILES string of the molecule is CN(C=O)C(=C[N+](=O)[O-])N(C)Cc1ccc(F)nc1. The maximum atomic E-state index is 12.7. The van der Waals surface area contributed by atoms with E-state index in [4.69, 9.17) is 0 Å². The van der Waals surface area contributed by atoms with Gasteiger partial charge in [0.25, 0.3) is 6.20 Å². The van der Waals surface area contributed by atoms with Crippen molar-refractivity contribution in [3.63, 3.8) is 0 Å². The highest BCUT2D eigenvalue weighted by Gasteiger charge is 2.14. The Bertz CT molecular complexity index is 489. The minimum absolute atomic E-state index is 0.115. The summed E-state index contributed by atoms with van der Waals surface area (Å²) in [6.07, 6.45) is 2.52. The number of rotatable bonds is 6. The van der Waals surface area contributed by atoms with E-state index in [0.717, 1.165) is 11.1 Å². The van der Waals surface area contributed by atoms with Crippen LogP contribution in [-0.4, -0.2) is 40.2 Å². The molecule has 0 saturated carbocycles. The number of amides is 1. The normalized spacial score (nSPS) is 11.0. The number of nitrogens with zero attached hydrogens (tertiary/aromatic N) is 4. The third-order valence-electron chi connectivity index (χ3n) is 2.34. The lowest BCUT2D eigenvalue weighted by molar-refractivity contribution is -0.405. The second kappa shape index (κ2) is 6.43. The summed E-state index contributed by atoms with van der Waals surface area (Å²) in [7, 11) is 2.99. The molecule has 0 unspecified atom stereocenters. The number of aromatic nitrogens is 1. The lowest BCUT2D eigenvalue weighted by Gasteiger charge is -2.24. The number of hydrogen-bond acceptors (Lipinski definition) is 5. The van der Waals surface area contributed by atoms with Crippen molar-refractivity contribution in [2.24, 2.45) is 0 Å². The van der Waals surface area contributed by atoms with E-state index < -0.39 is 10.9 Å². The highest BCUT2D eigenvalue weighted by molar-refractivity contribution is 5.49. The topological polar surface area (TPSA) is 79.6 Å². The Hall–Kier alpha value is -2.51. The van der Waals surface area contributed by atoms with Crippen molar-refractivity contribution < 1.29 is 14.1 Å². The highest BCUT2D eigenvalue weighted by Crippen LogP contribution is 2.10. The van der Waals surface area contributed by atoms with Crippen LogP contribution in [0.1, 0.15) is 5.56 Å². The zero-order valence-electron chi connectivity index (χ0n) is 10.5. The average molecular weight is 268 g/mol. The van der Waals surface area contributed by atoms with Crippen molar-refractivity contribution in [3.05, 3.63) is 52.0 Å². The smallest absolute Gasteiger partial charge is 0.274 e. The fourth-order valence-electron chi connectivity index (χ4n) is 1.46. The summed E-state index contributed by atoms with van der Waals surface area (Å²) in [6.45, 7) is 0.255. The maximum Gasteiger partial charge on any atom is 0.274 e. The van der Waals surface area contributed by atoms with Crippen molar-refractivity contribution in [3.8, 4) is 0 Å². The van der Waals surface area contributed by atoms with E-state index in [0.29, 0.717) is 12.0 Å². The molecule has 19 heavy (non-hydrogen) atoms. The molecular formula is C11H13FN4O3. The van der Waals surface area contributed by atoms with Gasteiger partial charge in [0.05, 0.1) is 4.92 Å². The maximum absolute atomic E-state index is 12.7. The molecule has 0 atom stereocenters. The Kier molecular flexibility index (Phi) is 4.92. The van der Waals surface area contributed by atoms with Gasteiger partial charge >= 0.3 is 0 Å². The van der Waals surface area contributed by atoms with Gasteiger partial charge in [-0.05, 0) is 11.6 Å². The van der Waals surface area contributed by atoms with E-state index in [2.05, 4.69) is 4.98 Å². The highest BCUT2D eigenvalue weighted by atomic mass is 19.1. The van der Waals surface area contributed by atoms with Crippen LogP contribution in [0.4, 0.5) is 4.39 Å². The van der Waals surface area contributed by atoms with Gasteiger partial charge in [-0.25, -0.2) is 4.98 Å². The van der Waals surface area contributed by atoms with E-state index in [1.807, 2.05) is 0 Å². The largest absolute Gasteiger partial charge is 0.351 e. The summed E-state index contributed by atoms with van der Waals surface area (Å²) in [5.74, 6) is -0.484. The number of carbonyl (C=O) groups excluding carboxylic acids is 1. The first-order valence-corrected chi connectivity index (χ1v) is 5.29. The minimum Gasteiger partial charge on any atom is -0.351 e. The van der Waals surface area contributed by atoms with E-state index in [9.17, 15) is 19.3 Å². The van der Waals surface area contributed by atoms with Crippen LogP contribution in [0.2, 0.25) is 0 Å². The first-order valence-electron chi connectivity index (χ1n) is 5.29. The predicted molar refractivity (Wildman–Crippen MR) is 64.6 cm³/mol. The summed E-state index contributed by atoms with van der Waals surface area (Å²) in [5, 5.41) is 10.5. The molecular weight excluding hydrogens is 255 g/mol. The van der Waals surface area contributed by atoms with Gasteiger partial charge in [0.1, 0.15) is 0 Å². The van der Waals surface area contributed by atoms with Gasteiger partial charge < -0.3 is 4.90 Å². The van der Waals surface area contributed by atoms with E-state index in [-0.39, 0.29) is 12.4 Å². The number of nitro groups is 1. The van der Waals surface area contributed by atoms with E-state index in [1.54, 1.807) is 7.05 Å². The van der Waals surface area contributed by atoms with Crippen LogP contribution in [0.5, 0.6) is 0 Å². The molecule has 1 aromatic heterocycles. The zero-order chi connectivity index (χ0) is 14.4. The molecule has 1 rings (SSSR count). The third kappa shape index (κ3) is 4.34. The molecule has 0 bridgehead atoms. The molecule has 0 radical (unpaired) electrons. The van der Waals surface area contributed by atoms with Gasteiger partial charge in [0, 0.05) is 26.8 Å². The van der Waals surface area contributed by atoms with Crippen LogP contribution in [0.25, 0.3) is 0 Å². The number of hydrogen-bond donors (Lipinski definition) is 0. The van der Waals surface area contributed by atoms with Gasteiger partial charge in [-0.3, -0.25) is 19.8 Å². The Morgan fingerprint density at radius 2 is 2.21 bits per heavy atom. The lowest BCUT2D eigenvalue weighted by atomic mass is 10.2. The van der Waals surface area contributed by atoms with Crippen LogP contribution >= 0.6 is 0 Å². The minimum atomic E-state index is -0.644. The monoisotopic (exact) mass is 268 g/mol.